The van der Waals surface area contributed by atoms with E-state index in [1.54, 1.807) is 6.08 Å². The SMILES string of the molecule is C=C/C=C/C[C@@H]1C=CCC[C@@H]1C(=O)C=C. The molecule has 0 aromatic heterocycles. The second-order valence-corrected chi connectivity index (χ2v) is 3.78. The highest BCUT2D eigenvalue weighted by Gasteiger charge is 2.25. The van der Waals surface area contributed by atoms with Crippen molar-refractivity contribution in [3.05, 3.63) is 49.6 Å². The molecule has 1 aliphatic carbocycles. The van der Waals surface area contributed by atoms with E-state index in [0.717, 1.165) is 19.3 Å². The minimum absolute atomic E-state index is 0.127. The molecule has 0 aromatic carbocycles. The highest BCUT2D eigenvalue weighted by molar-refractivity contribution is 5.91. The van der Waals surface area contributed by atoms with Gasteiger partial charge in [0.05, 0.1) is 0 Å². The summed E-state index contributed by atoms with van der Waals surface area (Å²) in [5.74, 6) is 0.638. The lowest BCUT2D eigenvalue weighted by molar-refractivity contribution is -0.119. The predicted octanol–water partition coefficient (Wildman–Crippen LogP) is 3.46. The number of rotatable bonds is 5. The second-order valence-electron chi connectivity index (χ2n) is 3.78. The summed E-state index contributed by atoms with van der Waals surface area (Å²) in [5.41, 5.74) is 0. The molecule has 80 valence electrons. The van der Waals surface area contributed by atoms with Gasteiger partial charge in [0.15, 0.2) is 5.78 Å². The zero-order valence-electron chi connectivity index (χ0n) is 9.06. The van der Waals surface area contributed by atoms with Crippen molar-refractivity contribution in [3.63, 3.8) is 0 Å². The van der Waals surface area contributed by atoms with Crippen molar-refractivity contribution < 1.29 is 4.79 Å². The largest absolute Gasteiger partial charge is 0.295 e. The van der Waals surface area contributed by atoms with Gasteiger partial charge in [-0.1, -0.05) is 43.5 Å². The van der Waals surface area contributed by atoms with Crippen LogP contribution in [0.25, 0.3) is 0 Å². The maximum Gasteiger partial charge on any atom is 0.158 e. The van der Waals surface area contributed by atoms with Crippen LogP contribution in [0, 0.1) is 11.8 Å². The molecule has 0 spiro atoms. The van der Waals surface area contributed by atoms with Gasteiger partial charge in [0.25, 0.3) is 0 Å². The maximum atomic E-state index is 11.6. The van der Waals surface area contributed by atoms with Crippen molar-refractivity contribution in [1.29, 1.82) is 0 Å². The molecule has 15 heavy (non-hydrogen) atoms. The predicted molar refractivity (Wildman–Crippen MR) is 64.5 cm³/mol. The molecular weight excluding hydrogens is 184 g/mol. The molecule has 0 aliphatic heterocycles. The van der Waals surface area contributed by atoms with Crippen LogP contribution >= 0.6 is 0 Å². The molecule has 0 aromatic rings. The minimum atomic E-state index is 0.127. The van der Waals surface area contributed by atoms with Gasteiger partial charge in [0, 0.05) is 5.92 Å². The Bertz CT molecular complexity index is 296. The Morgan fingerprint density at radius 2 is 2.27 bits per heavy atom. The van der Waals surface area contributed by atoms with Gasteiger partial charge in [-0.25, -0.2) is 0 Å². The number of allylic oxidation sites excluding steroid dienone is 6. The highest BCUT2D eigenvalue weighted by atomic mass is 16.1. The molecule has 1 rings (SSSR count). The standard InChI is InChI=1S/C14H18O/c1-3-5-6-9-12-10-7-8-11-13(12)14(15)4-2/h3-7,10,12-13H,1-2,8-9,11H2/b6-5+/t12-,13+/m1/s1. The number of carbonyl (C=O) groups is 1. The summed E-state index contributed by atoms with van der Waals surface area (Å²) < 4.78 is 0. The zero-order chi connectivity index (χ0) is 11.1. The van der Waals surface area contributed by atoms with Crippen molar-refractivity contribution in [2.45, 2.75) is 19.3 Å². The first-order chi connectivity index (χ1) is 7.29. The molecule has 0 amide bonds. The first-order valence-corrected chi connectivity index (χ1v) is 5.40. The Kier molecular flexibility index (Phi) is 4.82. The van der Waals surface area contributed by atoms with Crippen LogP contribution in [0.2, 0.25) is 0 Å². The first kappa shape index (κ1) is 11.7. The molecule has 0 fully saturated rings. The van der Waals surface area contributed by atoms with Crippen molar-refractivity contribution in [3.8, 4) is 0 Å². The van der Waals surface area contributed by atoms with Gasteiger partial charge in [-0.3, -0.25) is 4.79 Å². The molecule has 0 N–H and O–H groups in total. The van der Waals surface area contributed by atoms with E-state index >= 15 is 0 Å². The molecule has 1 nitrogen and oxygen atoms in total. The summed E-state index contributed by atoms with van der Waals surface area (Å²) >= 11 is 0. The normalized spacial score (nSPS) is 25.3. The first-order valence-electron chi connectivity index (χ1n) is 5.40. The number of carbonyl (C=O) groups excluding carboxylic acids is 1. The zero-order valence-corrected chi connectivity index (χ0v) is 9.06. The van der Waals surface area contributed by atoms with Gasteiger partial charge >= 0.3 is 0 Å². The molecule has 2 atom stereocenters. The quantitative estimate of drug-likeness (QED) is 0.379. The fourth-order valence-corrected chi connectivity index (χ4v) is 1.97. The van der Waals surface area contributed by atoms with E-state index in [4.69, 9.17) is 0 Å². The summed E-state index contributed by atoms with van der Waals surface area (Å²) in [7, 11) is 0. The molecule has 0 radical (unpaired) electrons. The molecule has 0 saturated carbocycles. The molecule has 1 aliphatic rings. The second kappa shape index (κ2) is 6.18. The lowest BCUT2D eigenvalue weighted by Gasteiger charge is -2.24. The van der Waals surface area contributed by atoms with Crippen molar-refractivity contribution in [2.24, 2.45) is 11.8 Å². The van der Waals surface area contributed by atoms with Crippen LogP contribution in [0.4, 0.5) is 0 Å². The average molecular weight is 202 g/mol. The van der Waals surface area contributed by atoms with Crippen LogP contribution in [-0.2, 0) is 4.79 Å². The molecule has 0 saturated heterocycles. The molecule has 0 bridgehead atoms. The smallest absolute Gasteiger partial charge is 0.158 e. The van der Waals surface area contributed by atoms with E-state index in [2.05, 4.69) is 31.4 Å². The van der Waals surface area contributed by atoms with Crippen LogP contribution < -0.4 is 0 Å². The van der Waals surface area contributed by atoms with E-state index in [1.165, 1.54) is 6.08 Å². The lowest BCUT2D eigenvalue weighted by Crippen LogP contribution is -2.22. The Morgan fingerprint density at radius 3 is 2.93 bits per heavy atom. The van der Waals surface area contributed by atoms with Crippen LogP contribution in [0.15, 0.2) is 49.6 Å². The fourth-order valence-electron chi connectivity index (χ4n) is 1.97. The maximum absolute atomic E-state index is 11.6. The van der Waals surface area contributed by atoms with Crippen LogP contribution in [0.1, 0.15) is 19.3 Å². The average Bonchev–Trinajstić information content (AvgIpc) is 2.29. The topological polar surface area (TPSA) is 17.1 Å². The highest BCUT2D eigenvalue weighted by Crippen LogP contribution is 2.28. The number of hydrogen-bond donors (Lipinski definition) is 0. The summed E-state index contributed by atoms with van der Waals surface area (Å²) in [6, 6.07) is 0. The van der Waals surface area contributed by atoms with Crippen LogP contribution in [0.3, 0.4) is 0 Å². The van der Waals surface area contributed by atoms with Gasteiger partial charge < -0.3 is 0 Å². The van der Waals surface area contributed by atoms with E-state index < -0.39 is 0 Å². The minimum Gasteiger partial charge on any atom is -0.295 e. The summed E-state index contributed by atoms with van der Waals surface area (Å²) in [6.07, 6.45) is 14.4. The van der Waals surface area contributed by atoms with Gasteiger partial charge in [-0.15, -0.1) is 0 Å². The van der Waals surface area contributed by atoms with Crippen molar-refractivity contribution >= 4 is 5.78 Å². The molecular formula is C14H18O. The number of ketones is 1. The summed E-state index contributed by atoms with van der Waals surface area (Å²) in [6.45, 7) is 7.18. The van der Waals surface area contributed by atoms with Crippen molar-refractivity contribution in [1.82, 2.24) is 0 Å². The monoisotopic (exact) mass is 202 g/mol. The Balaban J connectivity index is 2.64. The van der Waals surface area contributed by atoms with Gasteiger partial charge in [-0.2, -0.15) is 0 Å². The lowest BCUT2D eigenvalue weighted by atomic mass is 9.79. The van der Waals surface area contributed by atoms with Crippen molar-refractivity contribution in [2.75, 3.05) is 0 Å². The summed E-state index contributed by atoms with van der Waals surface area (Å²) in [5, 5.41) is 0. The van der Waals surface area contributed by atoms with E-state index in [0.29, 0.717) is 5.92 Å². The summed E-state index contributed by atoms with van der Waals surface area (Å²) in [4.78, 5) is 11.6. The Labute approximate surface area is 91.9 Å². The van der Waals surface area contributed by atoms with Gasteiger partial charge in [-0.05, 0) is 31.3 Å². The Hall–Kier alpha value is -1.37. The van der Waals surface area contributed by atoms with Gasteiger partial charge in [0.2, 0.25) is 0 Å². The van der Waals surface area contributed by atoms with Gasteiger partial charge in [0.1, 0.15) is 0 Å². The third-order valence-electron chi connectivity index (χ3n) is 2.79. The molecule has 0 heterocycles. The van der Waals surface area contributed by atoms with E-state index in [-0.39, 0.29) is 11.7 Å². The Morgan fingerprint density at radius 1 is 1.47 bits per heavy atom. The van der Waals surface area contributed by atoms with E-state index in [1.807, 2.05) is 6.08 Å². The molecule has 1 heteroatoms. The van der Waals surface area contributed by atoms with E-state index in [9.17, 15) is 4.79 Å². The third-order valence-corrected chi connectivity index (χ3v) is 2.79. The number of hydrogen-bond acceptors (Lipinski definition) is 1. The van der Waals surface area contributed by atoms with Crippen LogP contribution in [-0.4, -0.2) is 5.78 Å². The fraction of sp³-hybridized carbons (Fsp3) is 0.357. The third kappa shape index (κ3) is 3.35. The molecule has 0 unspecified atom stereocenters. The van der Waals surface area contributed by atoms with Crippen LogP contribution in [0.5, 0.6) is 0 Å².